The highest BCUT2D eigenvalue weighted by atomic mass is 16.1. The first-order chi connectivity index (χ1) is 11.1. The lowest BCUT2D eigenvalue weighted by Crippen LogP contribution is -2.25. The van der Waals surface area contributed by atoms with Gasteiger partial charge < -0.3 is 9.80 Å². The van der Waals surface area contributed by atoms with Crippen LogP contribution in [0, 0.1) is 0 Å². The van der Waals surface area contributed by atoms with Crippen LogP contribution in [0.1, 0.15) is 26.3 Å². The van der Waals surface area contributed by atoms with Crippen LogP contribution in [0.3, 0.4) is 0 Å². The molecule has 0 saturated carbocycles. The number of benzene rings is 1. The van der Waals surface area contributed by atoms with E-state index in [1.165, 1.54) is 16.8 Å². The average molecular weight is 310 g/mol. The molecule has 1 aliphatic heterocycles. The molecule has 0 amide bonds. The van der Waals surface area contributed by atoms with Crippen molar-refractivity contribution in [3.8, 4) is 0 Å². The second-order valence-electron chi connectivity index (χ2n) is 5.75. The number of allylic oxidation sites excluding steroid dienone is 3. The van der Waals surface area contributed by atoms with Gasteiger partial charge in [-0.15, -0.1) is 0 Å². The van der Waals surface area contributed by atoms with Crippen LogP contribution in [0.4, 0.5) is 5.69 Å². The Balaban J connectivity index is 1.95. The molecule has 0 saturated heterocycles. The predicted octanol–water partition coefficient (Wildman–Crippen LogP) is 3.89. The van der Waals surface area contributed by atoms with Gasteiger partial charge in [0.05, 0.1) is 6.54 Å². The Labute approximate surface area is 139 Å². The summed E-state index contributed by atoms with van der Waals surface area (Å²) in [5.41, 5.74) is 3.64. The minimum Gasteiger partial charge on any atom is -0.372 e. The van der Waals surface area contributed by atoms with E-state index < -0.39 is 0 Å². The summed E-state index contributed by atoms with van der Waals surface area (Å²) in [6.45, 7) is 9.30. The van der Waals surface area contributed by atoms with Gasteiger partial charge >= 0.3 is 0 Å². The van der Waals surface area contributed by atoms with Crippen molar-refractivity contribution in [1.29, 1.82) is 0 Å². The van der Waals surface area contributed by atoms with Crippen LogP contribution in [-0.2, 0) is 4.79 Å². The summed E-state index contributed by atoms with van der Waals surface area (Å²) in [6, 6.07) is 8.65. The van der Waals surface area contributed by atoms with Crippen molar-refractivity contribution in [3.05, 3.63) is 59.8 Å². The van der Waals surface area contributed by atoms with E-state index >= 15 is 0 Å². The number of carbonyl (C=O) groups is 1. The zero-order valence-electron chi connectivity index (χ0n) is 14.3. The smallest absolute Gasteiger partial charge is 0.149 e. The third-order valence-corrected chi connectivity index (χ3v) is 3.95. The van der Waals surface area contributed by atoms with Crippen LogP contribution in [0.25, 0.3) is 6.08 Å². The fourth-order valence-electron chi connectivity index (χ4n) is 2.65. The number of hydrogen-bond acceptors (Lipinski definition) is 3. The van der Waals surface area contributed by atoms with Crippen molar-refractivity contribution in [2.75, 3.05) is 31.1 Å². The van der Waals surface area contributed by atoms with Gasteiger partial charge in [-0.1, -0.05) is 30.4 Å². The van der Waals surface area contributed by atoms with E-state index in [1.54, 1.807) is 6.92 Å². The molecular weight excluding hydrogens is 284 g/mol. The number of anilines is 1. The van der Waals surface area contributed by atoms with Gasteiger partial charge in [-0.2, -0.15) is 0 Å². The molecule has 0 atom stereocenters. The molecule has 0 unspecified atom stereocenters. The van der Waals surface area contributed by atoms with E-state index in [0.29, 0.717) is 6.54 Å². The number of carbonyl (C=O) groups excluding carboxylic acids is 1. The van der Waals surface area contributed by atoms with Gasteiger partial charge in [0.15, 0.2) is 0 Å². The lowest BCUT2D eigenvalue weighted by Gasteiger charge is -2.21. The Bertz CT molecular complexity index is 607. The fraction of sp³-hybridized carbons (Fsp3) is 0.350. The van der Waals surface area contributed by atoms with Gasteiger partial charge in [-0.25, -0.2) is 0 Å². The molecular formula is C20H26N2O. The Kier molecular flexibility index (Phi) is 6.21. The second kappa shape index (κ2) is 8.37. The Morgan fingerprint density at radius 1 is 1.17 bits per heavy atom. The first-order valence-corrected chi connectivity index (χ1v) is 8.27. The molecule has 23 heavy (non-hydrogen) atoms. The number of Topliss-reactive ketones (excluding diaryl/α,β-unsaturated/α-hetero) is 1. The summed E-state index contributed by atoms with van der Waals surface area (Å²) in [7, 11) is 0. The highest BCUT2D eigenvalue weighted by Gasteiger charge is 2.05. The largest absolute Gasteiger partial charge is 0.372 e. The van der Waals surface area contributed by atoms with E-state index in [2.05, 4.69) is 61.2 Å². The minimum atomic E-state index is 0.190. The molecule has 3 nitrogen and oxygen atoms in total. The normalized spacial score (nSPS) is 14.2. The number of ketones is 1. The lowest BCUT2D eigenvalue weighted by atomic mass is 10.1. The zero-order valence-corrected chi connectivity index (χ0v) is 14.3. The molecule has 0 fully saturated rings. The fourth-order valence-corrected chi connectivity index (χ4v) is 2.65. The molecule has 1 heterocycles. The van der Waals surface area contributed by atoms with Crippen LogP contribution in [0.2, 0.25) is 0 Å². The lowest BCUT2D eigenvalue weighted by molar-refractivity contribution is -0.117. The van der Waals surface area contributed by atoms with Crippen molar-refractivity contribution in [2.45, 2.75) is 20.8 Å². The molecule has 0 aromatic heterocycles. The standard InChI is InChI=1S/C20H26N2O/c1-4-22(5-2)20-10-8-18(9-11-20)6-7-19-12-14-21(15-13-19)16-17(3)23/h6-14H,4-5,15-16H2,1-3H3/b7-6+. The number of rotatable bonds is 7. The van der Waals surface area contributed by atoms with Crippen LogP contribution < -0.4 is 4.90 Å². The maximum Gasteiger partial charge on any atom is 0.149 e. The van der Waals surface area contributed by atoms with Crippen molar-refractivity contribution in [3.63, 3.8) is 0 Å². The molecule has 0 spiro atoms. The first-order valence-electron chi connectivity index (χ1n) is 8.27. The Morgan fingerprint density at radius 2 is 1.87 bits per heavy atom. The summed E-state index contributed by atoms with van der Waals surface area (Å²) in [5.74, 6) is 0.190. The Hall–Kier alpha value is -2.29. The van der Waals surface area contributed by atoms with E-state index in [4.69, 9.17) is 0 Å². The SMILES string of the molecule is CCN(CC)c1ccc(/C=C/C2=CCN(CC(C)=O)C=C2)cc1. The van der Waals surface area contributed by atoms with Gasteiger partial charge in [-0.3, -0.25) is 4.79 Å². The quantitative estimate of drug-likeness (QED) is 0.763. The molecule has 122 valence electrons. The van der Waals surface area contributed by atoms with Gasteiger partial charge in [0.2, 0.25) is 0 Å². The maximum atomic E-state index is 11.1. The van der Waals surface area contributed by atoms with E-state index in [1.807, 2.05) is 17.2 Å². The Morgan fingerprint density at radius 3 is 2.39 bits per heavy atom. The molecule has 0 radical (unpaired) electrons. The predicted molar refractivity (Wildman–Crippen MR) is 98.5 cm³/mol. The average Bonchev–Trinajstić information content (AvgIpc) is 2.56. The molecule has 0 N–H and O–H groups in total. The third kappa shape index (κ3) is 5.13. The monoisotopic (exact) mass is 310 g/mol. The molecule has 1 aliphatic rings. The van der Waals surface area contributed by atoms with Crippen LogP contribution >= 0.6 is 0 Å². The highest BCUT2D eigenvalue weighted by Crippen LogP contribution is 2.17. The molecule has 2 rings (SSSR count). The molecule has 0 aliphatic carbocycles. The summed E-state index contributed by atoms with van der Waals surface area (Å²) < 4.78 is 0. The third-order valence-electron chi connectivity index (χ3n) is 3.95. The summed E-state index contributed by atoms with van der Waals surface area (Å²) in [5, 5.41) is 0. The van der Waals surface area contributed by atoms with Crippen molar-refractivity contribution in [2.24, 2.45) is 0 Å². The first kappa shape index (κ1) is 17.1. The molecule has 1 aromatic carbocycles. The van der Waals surface area contributed by atoms with E-state index in [9.17, 15) is 4.79 Å². The van der Waals surface area contributed by atoms with Gasteiger partial charge in [-0.05, 0) is 50.1 Å². The van der Waals surface area contributed by atoms with Gasteiger partial charge in [0.25, 0.3) is 0 Å². The van der Waals surface area contributed by atoms with Gasteiger partial charge in [0, 0.05) is 31.5 Å². The van der Waals surface area contributed by atoms with Crippen molar-refractivity contribution >= 4 is 17.5 Å². The maximum absolute atomic E-state index is 11.1. The number of nitrogens with zero attached hydrogens (tertiary/aromatic N) is 2. The van der Waals surface area contributed by atoms with E-state index in [-0.39, 0.29) is 5.78 Å². The van der Waals surface area contributed by atoms with Crippen LogP contribution in [0.15, 0.2) is 54.3 Å². The van der Waals surface area contributed by atoms with Crippen LogP contribution in [0.5, 0.6) is 0 Å². The molecule has 3 heteroatoms. The minimum absolute atomic E-state index is 0.190. The second-order valence-corrected chi connectivity index (χ2v) is 5.75. The summed E-state index contributed by atoms with van der Waals surface area (Å²) in [4.78, 5) is 15.5. The van der Waals surface area contributed by atoms with E-state index in [0.717, 1.165) is 19.6 Å². The summed E-state index contributed by atoms with van der Waals surface area (Å²) in [6.07, 6.45) is 10.4. The highest BCUT2D eigenvalue weighted by molar-refractivity contribution is 5.77. The van der Waals surface area contributed by atoms with Crippen molar-refractivity contribution < 1.29 is 4.79 Å². The summed E-state index contributed by atoms with van der Waals surface area (Å²) >= 11 is 0. The topological polar surface area (TPSA) is 23.6 Å². The number of hydrogen-bond donors (Lipinski definition) is 0. The molecule has 0 bridgehead atoms. The van der Waals surface area contributed by atoms with Crippen LogP contribution in [-0.4, -0.2) is 36.9 Å². The van der Waals surface area contributed by atoms with Gasteiger partial charge in [0.1, 0.15) is 5.78 Å². The zero-order chi connectivity index (χ0) is 16.7. The molecule has 1 aromatic rings. The van der Waals surface area contributed by atoms with Crippen molar-refractivity contribution in [1.82, 2.24) is 4.90 Å².